The molecule has 22 heteroatoms. The third-order valence-electron chi connectivity index (χ3n) is 2.15. The van der Waals surface area contributed by atoms with Crippen LogP contribution < -0.4 is 172 Å². The van der Waals surface area contributed by atoms with Crippen LogP contribution in [0.25, 0.3) is 0 Å². The Morgan fingerprint density at radius 2 is 1.26 bits per heavy atom. The van der Waals surface area contributed by atoms with Gasteiger partial charge in [-0.05, 0) is 0 Å². The van der Waals surface area contributed by atoms with Crippen LogP contribution in [-0.4, -0.2) is 41.4 Å². The molecule has 1 saturated heterocycles. The number of ether oxygens (including phenoxy) is 1. The van der Waals surface area contributed by atoms with Gasteiger partial charge in [-0.1, -0.05) is 0 Å². The first-order valence-corrected chi connectivity index (χ1v) is 9.49. The Hall–Kier alpha value is 5.25. The largest absolute Gasteiger partial charge is 1.00 e. The Morgan fingerprint density at radius 1 is 0.815 bits per heavy atom. The molecule has 1 rings (SSSR count). The van der Waals surface area contributed by atoms with E-state index >= 15 is 0 Å². The van der Waals surface area contributed by atoms with Crippen molar-refractivity contribution in [3.63, 3.8) is 0 Å². The van der Waals surface area contributed by atoms with Crippen molar-refractivity contribution in [2.45, 2.75) is 24.6 Å². The summed E-state index contributed by atoms with van der Waals surface area (Å²) in [5.74, 6) is 0. The summed E-state index contributed by atoms with van der Waals surface area (Å²) in [6.45, 7) is -1.08. The number of hydrogen-bond donors (Lipinski definition) is 2. The molecule has 1 aliphatic heterocycles. The normalized spacial score (nSPS) is 26.8. The summed E-state index contributed by atoms with van der Waals surface area (Å²) < 4.78 is 46.8. The van der Waals surface area contributed by atoms with Crippen molar-refractivity contribution in [1.82, 2.24) is 0 Å². The zero-order valence-corrected chi connectivity index (χ0v) is 27.8. The topological polar surface area (TPSA) is 244 Å². The van der Waals surface area contributed by atoms with Crippen LogP contribution in [0.1, 0.15) is 0 Å². The van der Waals surface area contributed by atoms with Crippen LogP contribution in [0, 0.1) is 0 Å². The monoisotopic (exact) mass is 500 g/mol. The molecule has 0 bridgehead atoms. The summed E-state index contributed by atoms with van der Waals surface area (Å²) in [5.41, 5.74) is 0. The molecule has 0 aromatic carbocycles. The Morgan fingerprint density at radius 3 is 1.63 bits per heavy atom. The minimum atomic E-state index is -5.97. The molecule has 0 aromatic heterocycles. The van der Waals surface area contributed by atoms with Crippen molar-refractivity contribution in [3.05, 3.63) is 0 Å². The molecule has 0 aliphatic carbocycles. The second kappa shape index (κ2) is 17.7. The van der Waals surface area contributed by atoms with Gasteiger partial charge >= 0.3 is 148 Å². The van der Waals surface area contributed by atoms with Crippen molar-refractivity contribution in [2.75, 3.05) is 6.61 Å². The molecule has 1 fully saturated rings. The minimum Gasteiger partial charge on any atom is -0.790 e. The predicted octanol–water partition coefficient (Wildman–Crippen LogP) is -20.4. The molecular formula is C5H8Na5O14P3. The van der Waals surface area contributed by atoms with Crippen molar-refractivity contribution in [2.24, 2.45) is 0 Å². The van der Waals surface area contributed by atoms with Gasteiger partial charge in [0.05, 0.1) is 22.3 Å². The molecule has 0 spiro atoms. The van der Waals surface area contributed by atoms with Crippen LogP contribution in [0.2, 0.25) is 0 Å². The summed E-state index contributed by atoms with van der Waals surface area (Å²) in [4.78, 5) is 51.9. The number of phosphoric acid groups is 3. The molecular weight excluding hydrogens is 492 g/mol. The molecule has 1 heterocycles. The summed E-state index contributed by atoms with van der Waals surface area (Å²) in [7, 11) is -17.2. The molecule has 0 aromatic rings. The molecule has 0 radical (unpaired) electrons. The first kappa shape index (κ1) is 42.4. The van der Waals surface area contributed by atoms with E-state index in [1.54, 1.807) is 0 Å². The van der Waals surface area contributed by atoms with Gasteiger partial charge in [0.2, 0.25) is 0 Å². The van der Waals surface area contributed by atoms with E-state index in [1.165, 1.54) is 0 Å². The number of phosphoric ester groups is 2. The molecule has 2 N–H and O–H groups in total. The van der Waals surface area contributed by atoms with Gasteiger partial charge in [-0.3, -0.25) is 13.4 Å². The average molecular weight is 500 g/mol. The first-order valence-electron chi connectivity index (χ1n) is 5.11. The van der Waals surface area contributed by atoms with Crippen LogP contribution >= 0.6 is 23.5 Å². The van der Waals surface area contributed by atoms with E-state index < -0.39 is 54.7 Å². The zero-order chi connectivity index (χ0) is 17.3. The fraction of sp³-hybridized carbons (Fsp3) is 1.00. The van der Waals surface area contributed by atoms with Gasteiger partial charge in [0.1, 0.15) is 18.3 Å². The van der Waals surface area contributed by atoms with Crippen LogP contribution in [-0.2, 0) is 31.8 Å². The van der Waals surface area contributed by atoms with Crippen molar-refractivity contribution < 1.29 is 214 Å². The van der Waals surface area contributed by atoms with Crippen molar-refractivity contribution >= 4 is 23.5 Å². The Balaban J connectivity index is -0.000000323. The van der Waals surface area contributed by atoms with Gasteiger partial charge in [-0.2, -0.15) is 0 Å². The Labute approximate surface area is 264 Å². The molecule has 0 amide bonds. The maximum atomic E-state index is 11.0. The summed E-state index contributed by atoms with van der Waals surface area (Å²) >= 11 is 0. The number of aliphatic hydroxyl groups is 2. The molecule has 0 saturated carbocycles. The smallest absolute Gasteiger partial charge is 0.790 e. The van der Waals surface area contributed by atoms with E-state index in [4.69, 9.17) is 0 Å². The quantitative estimate of drug-likeness (QED) is 0.244. The van der Waals surface area contributed by atoms with Gasteiger partial charge in [-0.25, -0.2) is 0 Å². The van der Waals surface area contributed by atoms with E-state index in [-0.39, 0.29) is 148 Å². The van der Waals surface area contributed by atoms with E-state index in [2.05, 4.69) is 18.1 Å². The van der Waals surface area contributed by atoms with Crippen LogP contribution in [0.4, 0.5) is 0 Å². The third kappa shape index (κ3) is 18.3. The fourth-order valence-corrected chi connectivity index (χ4v) is 3.27. The number of hydrogen-bond acceptors (Lipinski definition) is 14. The van der Waals surface area contributed by atoms with E-state index in [0.29, 0.717) is 0 Å². The Bertz CT molecular complexity index is 539. The van der Waals surface area contributed by atoms with E-state index in [0.717, 1.165) is 0 Å². The predicted molar refractivity (Wildman–Crippen MR) is 51.6 cm³/mol. The van der Waals surface area contributed by atoms with Gasteiger partial charge in [0, 0.05) is 0 Å². The van der Waals surface area contributed by atoms with Gasteiger partial charge in [0.15, 0.2) is 6.29 Å². The average Bonchev–Trinajstić information content (AvgIpc) is 2.49. The second-order valence-electron chi connectivity index (χ2n) is 3.85. The Kier molecular flexibility index (Phi) is 27.7. The van der Waals surface area contributed by atoms with E-state index in [1.807, 2.05) is 0 Å². The SMILES string of the molecule is O=P([O-])([O-])OC[C@H]1O[C@H](OP(=O)([O-])OP(=O)([O-])[O-])[C@H](O)[C@@H]1O.[Na+].[Na+].[Na+].[Na+].[Na+]. The second-order valence-corrected chi connectivity index (χ2v) is 7.65. The standard InChI is InChI=1S/C5H13O14P3.5Na/c6-3-2(1-16-20(8,9)10)17-5(4(3)7)18-22(14,15)19-21(11,12)13;;;;;/h2-7H,1H2,(H,14,15)(H2,8,9,10)(H2,11,12,13);;;;;/q;5*+1/p-5/t2-,3-,4-,5-;;;;;/m1...../s1. The molecule has 14 nitrogen and oxygen atoms in total. The van der Waals surface area contributed by atoms with Crippen LogP contribution in [0.15, 0.2) is 0 Å². The van der Waals surface area contributed by atoms with Crippen LogP contribution in [0.3, 0.4) is 0 Å². The molecule has 1 aliphatic rings. The first-order chi connectivity index (χ1) is 9.70. The maximum Gasteiger partial charge on any atom is 1.00 e. The maximum absolute atomic E-state index is 11.0. The summed E-state index contributed by atoms with van der Waals surface area (Å²) in [6.07, 6.45) is -7.96. The molecule has 1 unspecified atom stereocenters. The molecule has 27 heavy (non-hydrogen) atoms. The minimum absolute atomic E-state index is 0. The van der Waals surface area contributed by atoms with Gasteiger partial charge in [0.25, 0.3) is 7.82 Å². The molecule has 5 atom stereocenters. The zero-order valence-electron chi connectivity index (χ0n) is 15.2. The van der Waals surface area contributed by atoms with Crippen LogP contribution in [0.5, 0.6) is 0 Å². The van der Waals surface area contributed by atoms with Gasteiger partial charge in [-0.15, -0.1) is 0 Å². The number of aliphatic hydroxyl groups excluding tert-OH is 2. The van der Waals surface area contributed by atoms with Gasteiger partial charge < -0.3 is 53.1 Å². The van der Waals surface area contributed by atoms with E-state index in [9.17, 15) is 48.4 Å². The molecule has 132 valence electrons. The fourth-order valence-electron chi connectivity index (χ4n) is 1.37. The van der Waals surface area contributed by atoms with Crippen molar-refractivity contribution in [3.8, 4) is 0 Å². The third-order valence-corrected chi connectivity index (χ3v) is 4.68. The number of rotatable bonds is 7. The summed E-state index contributed by atoms with van der Waals surface area (Å²) in [5, 5.41) is 18.8. The summed E-state index contributed by atoms with van der Waals surface area (Å²) in [6, 6.07) is 0. The van der Waals surface area contributed by atoms with Crippen molar-refractivity contribution in [1.29, 1.82) is 0 Å².